The molecule has 1 heterocycles. The van der Waals surface area contributed by atoms with E-state index in [1.807, 2.05) is 0 Å². The third-order valence-corrected chi connectivity index (χ3v) is 4.92. The molecule has 2 aromatic carbocycles. The van der Waals surface area contributed by atoms with Crippen LogP contribution in [0.2, 0.25) is 0 Å². The van der Waals surface area contributed by atoms with Gasteiger partial charge in [-0.1, -0.05) is 30.2 Å². The molecule has 2 unspecified atom stereocenters. The van der Waals surface area contributed by atoms with Gasteiger partial charge < -0.3 is 4.84 Å². The average molecular weight is 357 g/mol. The predicted molar refractivity (Wildman–Crippen MR) is 84.8 cm³/mol. The Balaban J connectivity index is 1.50. The lowest BCUT2D eigenvalue weighted by Crippen LogP contribution is -2.33. The highest BCUT2D eigenvalue weighted by Gasteiger charge is 2.55. The van der Waals surface area contributed by atoms with E-state index >= 15 is 0 Å². The number of imide groups is 1. The van der Waals surface area contributed by atoms with Gasteiger partial charge in [-0.05, 0) is 35.7 Å². The van der Waals surface area contributed by atoms with Crippen LogP contribution in [0.4, 0.5) is 8.78 Å². The highest BCUT2D eigenvalue weighted by atomic mass is 19.2. The average Bonchev–Trinajstić information content (AvgIpc) is 3.25. The molecule has 2 amide bonds. The van der Waals surface area contributed by atoms with Crippen molar-refractivity contribution in [1.82, 2.24) is 5.06 Å². The molecule has 0 aromatic heterocycles. The van der Waals surface area contributed by atoms with Gasteiger partial charge in [-0.2, -0.15) is 0 Å². The number of carbonyl (C=O) groups excluding carboxylic acids is 3. The summed E-state index contributed by atoms with van der Waals surface area (Å²) in [6, 6.07) is 9.64. The smallest absolute Gasteiger partial charge is 0.329 e. The Morgan fingerprint density at radius 1 is 1.00 bits per heavy atom. The van der Waals surface area contributed by atoms with Crippen molar-refractivity contribution in [2.45, 2.75) is 12.8 Å². The standard InChI is InChI=1S/C19H13F2NO4/c1-9-15(10-6-7-13(20)14(21)8-10)16(9)19(25)26-22-17(23)11-4-2-3-5-12(11)18(22)24/h2-9,15-16H,1H3/t9-,15?,16?/m0/s1. The highest BCUT2D eigenvalue weighted by Crippen LogP contribution is 2.54. The number of hydrogen-bond acceptors (Lipinski definition) is 4. The first-order valence-electron chi connectivity index (χ1n) is 8.04. The number of nitrogens with zero attached hydrogens (tertiary/aromatic N) is 1. The van der Waals surface area contributed by atoms with Gasteiger partial charge in [0, 0.05) is 5.92 Å². The summed E-state index contributed by atoms with van der Waals surface area (Å²) in [7, 11) is 0. The van der Waals surface area contributed by atoms with Gasteiger partial charge in [-0.15, -0.1) is 0 Å². The molecular formula is C19H13F2NO4. The number of halogens is 2. The van der Waals surface area contributed by atoms with E-state index in [0.29, 0.717) is 10.6 Å². The van der Waals surface area contributed by atoms with Crippen LogP contribution in [0.5, 0.6) is 0 Å². The molecule has 0 radical (unpaired) electrons. The van der Waals surface area contributed by atoms with Crippen LogP contribution >= 0.6 is 0 Å². The topological polar surface area (TPSA) is 63.7 Å². The molecule has 132 valence electrons. The molecule has 2 aromatic rings. The lowest BCUT2D eigenvalue weighted by Gasteiger charge is -2.12. The summed E-state index contributed by atoms with van der Waals surface area (Å²) in [5.41, 5.74) is 0.818. The van der Waals surface area contributed by atoms with Crippen LogP contribution in [-0.4, -0.2) is 22.8 Å². The fourth-order valence-electron chi connectivity index (χ4n) is 3.46. The summed E-state index contributed by atoms with van der Waals surface area (Å²) >= 11 is 0. The summed E-state index contributed by atoms with van der Waals surface area (Å²) < 4.78 is 26.5. The molecule has 1 aliphatic heterocycles. The van der Waals surface area contributed by atoms with Gasteiger partial charge >= 0.3 is 5.97 Å². The molecule has 7 heteroatoms. The van der Waals surface area contributed by atoms with Crippen molar-refractivity contribution in [3.8, 4) is 0 Å². The van der Waals surface area contributed by atoms with Gasteiger partial charge in [-0.25, -0.2) is 13.6 Å². The lowest BCUT2D eigenvalue weighted by molar-refractivity contribution is -0.170. The molecule has 4 rings (SSSR count). The number of amides is 2. The van der Waals surface area contributed by atoms with Crippen LogP contribution in [0.25, 0.3) is 0 Å². The molecule has 1 aliphatic carbocycles. The van der Waals surface area contributed by atoms with E-state index in [1.54, 1.807) is 19.1 Å². The molecule has 5 nitrogen and oxygen atoms in total. The number of fused-ring (bicyclic) bond motifs is 1. The summed E-state index contributed by atoms with van der Waals surface area (Å²) in [5.74, 6) is -5.27. The van der Waals surface area contributed by atoms with Gasteiger partial charge in [0.05, 0.1) is 17.0 Å². The predicted octanol–water partition coefficient (Wildman–Crippen LogP) is 3.07. The minimum absolute atomic E-state index is 0.173. The van der Waals surface area contributed by atoms with Crippen LogP contribution in [0, 0.1) is 23.5 Å². The number of rotatable bonds is 3. The molecular weight excluding hydrogens is 344 g/mol. The first-order chi connectivity index (χ1) is 12.4. The number of carbonyl (C=O) groups is 3. The Kier molecular flexibility index (Phi) is 3.61. The fraction of sp³-hybridized carbons (Fsp3) is 0.211. The summed E-state index contributed by atoms with van der Waals surface area (Å²) in [4.78, 5) is 41.9. The monoisotopic (exact) mass is 357 g/mol. The van der Waals surface area contributed by atoms with E-state index in [0.717, 1.165) is 12.1 Å². The zero-order chi connectivity index (χ0) is 18.6. The van der Waals surface area contributed by atoms with E-state index in [-0.39, 0.29) is 23.0 Å². The minimum Gasteiger partial charge on any atom is -0.329 e. The van der Waals surface area contributed by atoms with Crippen LogP contribution < -0.4 is 0 Å². The van der Waals surface area contributed by atoms with E-state index in [9.17, 15) is 23.2 Å². The van der Waals surface area contributed by atoms with Gasteiger partial charge in [0.25, 0.3) is 11.8 Å². The van der Waals surface area contributed by atoms with Crippen LogP contribution in [0.1, 0.15) is 39.1 Å². The van der Waals surface area contributed by atoms with Crippen LogP contribution in [-0.2, 0) is 9.63 Å². The van der Waals surface area contributed by atoms with Crippen molar-refractivity contribution in [1.29, 1.82) is 0 Å². The van der Waals surface area contributed by atoms with Gasteiger partial charge in [-0.3, -0.25) is 9.59 Å². The maximum Gasteiger partial charge on any atom is 0.337 e. The molecule has 2 aliphatic rings. The minimum atomic E-state index is -0.992. The van der Waals surface area contributed by atoms with Crippen LogP contribution in [0.3, 0.4) is 0 Å². The normalized spacial score (nSPS) is 23.8. The van der Waals surface area contributed by atoms with Crippen molar-refractivity contribution < 1.29 is 28.0 Å². The summed E-state index contributed by atoms with van der Waals surface area (Å²) in [6.07, 6.45) is 0. The SMILES string of the molecule is C[C@@H]1C(C(=O)ON2C(=O)c3ccccc3C2=O)C1c1ccc(F)c(F)c1. The Morgan fingerprint density at radius 3 is 2.19 bits per heavy atom. The first kappa shape index (κ1) is 16.4. The third kappa shape index (κ3) is 2.39. The van der Waals surface area contributed by atoms with E-state index in [1.165, 1.54) is 18.2 Å². The second kappa shape index (κ2) is 5.72. The molecule has 0 N–H and O–H groups in total. The summed E-state index contributed by atoms with van der Waals surface area (Å²) in [5, 5.41) is 0.459. The Bertz CT molecular complexity index is 923. The van der Waals surface area contributed by atoms with Crippen molar-refractivity contribution in [3.63, 3.8) is 0 Å². The Labute approximate surface area is 147 Å². The quantitative estimate of drug-likeness (QED) is 0.792. The van der Waals surface area contributed by atoms with Crippen molar-refractivity contribution >= 4 is 17.8 Å². The highest BCUT2D eigenvalue weighted by molar-refractivity contribution is 6.20. The van der Waals surface area contributed by atoms with E-state index < -0.39 is 35.3 Å². The molecule has 0 spiro atoms. The molecule has 1 fully saturated rings. The maximum atomic E-state index is 13.4. The first-order valence-corrected chi connectivity index (χ1v) is 8.04. The molecule has 0 saturated heterocycles. The van der Waals surface area contributed by atoms with Crippen LogP contribution in [0.15, 0.2) is 42.5 Å². The Morgan fingerprint density at radius 2 is 1.62 bits per heavy atom. The van der Waals surface area contributed by atoms with Gasteiger partial charge in [0.1, 0.15) is 0 Å². The largest absolute Gasteiger partial charge is 0.337 e. The van der Waals surface area contributed by atoms with Gasteiger partial charge in [0.2, 0.25) is 0 Å². The van der Waals surface area contributed by atoms with E-state index in [4.69, 9.17) is 4.84 Å². The molecule has 0 bridgehead atoms. The molecule has 1 saturated carbocycles. The van der Waals surface area contributed by atoms with Crippen molar-refractivity contribution in [3.05, 3.63) is 70.8 Å². The maximum absolute atomic E-state index is 13.4. The zero-order valence-electron chi connectivity index (χ0n) is 13.6. The fourth-order valence-corrected chi connectivity index (χ4v) is 3.46. The second-order valence-corrected chi connectivity index (χ2v) is 6.44. The van der Waals surface area contributed by atoms with Gasteiger partial charge in [0.15, 0.2) is 11.6 Å². The van der Waals surface area contributed by atoms with Crippen molar-refractivity contribution in [2.75, 3.05) is 0 Å². The molecule has 3 atom stereocenters. The second-order valence-electron chi connectivity index (χ2n) is 6.44. The lowest BCUT2D eigenvalue weighted by atomic mass is 10.1. The zero-order valence-corrected chi connectivity index (χ0v) is 13.6. The van der Waals surface area contributed by atoms with Crippen molar-refractivity contribution in [2.24, 2.45) is 11.8 Å². The number of hydroxylamine groups is 2. The number of hydrogen-bond donors (Lipinski definition) is 0. The van der Waals surface area contributed by atoms with E-state index in [2.05, 4.69) is 0 Å². The Hall–Kier alpha value is -3.09. The third-order valence-electron chi connectivity index (χ3n) is 4.92. The molecule has 26 heavy (non-hydrogen) atoms. The number of benzene rings is 2. The summed E-state index contributed by atoms with van der Waals surface area (Å²) in [6.45, 7) is 1.76.